The molecule has 3 heterocycles. The maximum absolute atomic E-state index is 15.1. The van der Waals surface area contributed by atoms with Gasteiger partial charge in [-0.2, -0.15) is 0 Å². The Morgan fingerprint density at radius 3 is 1.45 bits per heavy atom. The van der Waals surface area contributed by atoms with Crippen molar-refractivity contribution in [1.29, 1.82) is 0 Å². The molecule has 1 fully saturated rings. The van der Waals surface area contributed by atoms with E-state index in [9.17, 15) is 14.7 Å². The van der Waals surface area contributed by atoms with Crippen LogP contribution >= 0.6 is 0 Å². The maximum Gasteiger partial charge on any atom is 0.341 e. The number of aromatic nitrogens is 1. The zero-order valence-corrected chi connectivity index (χ0v) is 25.1. The number of anilines is 1. The number of carboxylic acid groups (broad SMARTS) is 1. The van der Waals surface area contributed by atoms with E-state index in [0.29, 0.717) is 30.0 Å². The lowest BCUT2D eigenvalue weighted by atomic mass is 10.0. The number of benzene rings is 1. The highest BCUT2D eigenvalue weighted by atomic mass is 20.0. The fourth-order valence-corrected chi connectivity index (χ4v) is 4.17. The minimum Gasteiger partial charge on any atom is -0.487 e. The Hall–Kier alpha value is -4.43. The lowest BCUT2D eigenvalue weighted by molar-refractivity contribution is 0.0694. The monoisotopic (exact) mass is 869 g/mol. The Bertz CT molecular complexity index is 1050. The highest BCUT2D eigenvalue weighted by Gasteiger charge is 2.35. The molecule has 3 atom stereocenters. The molecule has 53 heavy (non-hydrogen) atoms. The number of carboxylic acids is 1. The zero-order valence-electron chi connectivity index (χ0n) is 25.1. The molecule has 2 aliphatic rings. The molecular weight excluding hydrogens is 847 g/mol. The van der Waals surface area contributed by atoms with Gasteiger partial charge in [-0.3, -0.25) is 4.79 Å². The van der Waals surface area contributed by atoms with Crippen molar-refractivity contribution in [2.24, 2.45) is 11.7 Å². The molecule has 0 unspecified atom stereocenters. The van der Waals surface area contributed by atoms with Gasteiger partial charge in [0.1, 0.15) is 17.9 Å². The summed E-state index contributed by atoms with van der Waals surface area (Å²) in [6.45, 7) is 5.30. The first-order valence-electron chi connectivity index (χ1n) is 11.0. The van der Waals surface area contributed by atoms with Crippen molar-refractivity contribution >= 4 is 22.6 Å². The summed E-state index contributed by atoms with van der Waals surface area (Å²) >= 11 is 0. The van der Waals surface area contributed by atoms with Gasteiger partial charge >= 0.3 is 5.97 Å². The van der Waals surface area contributed by atoms with Gasteiger partial charge in [-0.25, -0.2) is 9.18 Å². The van der Waals surface area contributed by atoms with E-state index < -0.39 is 17.2 Å². The third kappa shape index (κ3) is 25.2. The van der Waals surface area contributed by atoms with Gasteiger partial charge in [-0.05, 0) is 18.9 Å². The predicted molar refractivity (Wildman–Crippen MR) is 128 cm³/mol. The molecule has 4 rings (SSSR count). The number of pyridine rings is 1. The summed E-state index contributed by atoms with van der Waals surface area (Å²) in [5, 5.41) is 9.36. The molecule has 2 aromatic rings. The van der Waals surface area contributed by atoms with E-state index in [2.05, 4.69) is 6.92 Å². The highest BCUT2D eigenvalue weighted by molar-refractivity contribution is 5.97. The van der Waals surface area contributed by atoms with Crippen LogP contribution in [0.1, 0.15) is 36.7 Å². The van der Waals surface area contributed by atoms with Crippen LogP contribution in [0.3, 0.4) is 0 Å². The van der Waals surface area contributed by atoms with Crippen molar-refractivity contribution in [3.63, 3.8) is 0 Å². The molecule has 1 saturated heterocycles. The van der Waals surface area contributed by atoms with Crippen LogP contribution in [0.5, 0.6) is 5.75 Å². The van der Waals surface area contributed by atoms with E-state index in [-0.39, 0.29) is 35.6 Å². The average Bonchev–Trinajstić information content (AvgIpc) is 3.65. The largest absolute Gasteiger partial charge is 0.487 e. The van der Waals surface area contributed by atoms with Crippen LogP contribution in [0, 0.1) is 11.7 Å². The van der Waals surface area contributed by atoms with Gasteiger partial charge < -0.3 is 25.0 Å². The Balaban J connectivity index is -0.0000000757. The number of nitrogens with two attached hydrogens (primary N) is 1. The van der Waals surface area contributed by atoms with Gasteiger partial charge in [0.15, 0.2) is 11.6 Å². The minimum atomic E-state index is -1.33. The number of hydrogen-bond donors (Lipinski definition) is 2. The molecule has 326 valence electrons. The molecule has 0 saturated carbocycles. The molecule has 0 bridgehead atoms. The molecule has 3 N–H and O–H groups in total. The van der Waals surface area contributed by atoms with Crippen LogP contribution in [0.2, 0.25) is 0 Å². The van der Waals surface area contributed by atoms with Gasteiger partial charge in [0.05, 0.1) is 16.9 Å². The highest BCUT2D eigenvalue weighted by Crippen LogP contribution is 2.43. The van der Waals surface area contributed by atoms with Crippen molar-refractivity contribution in [3.05, 3.63) is 33.9 Å². The molecule has 2 aliphatic heterocycles. The molecule has 7 nitrogen and oxygen atoms in total. The molecule has 0 radical (unpaired) electrons. The fourth-order valence-electron chi connectivity index (χ4n) is 4.17. The third-order valence-electron chi connectivity index (χ3n) is 5.70. The van der Waals surface area contributed by atoms with Crippen LogP contribution in [0.4, 0.5) is 129 Å². The second-order valence-electron chi connectivity index (χ2n) is 7.41. The van der Waals surface area contributed by atoms with Gasteiger partial charge in [-0.1, -0.05) is 13.3 Å². The number of hydrogen-bond acceptors (Lipinski definition) is 5. The summed E-state index contributed by atoms with van der Waals surface area (Å²) < 4.78 is 231. The minimum absolute atomic E-state index is 0.0215. The quantitative estimate of drug-likeness (QED) is 0.298. The number of ether oxygens (including phenoxy) is 1. The number of aromatic carboxylic acids is 1. The van der Waals surface area contributed by atoms with Crippen molar-refractivity contribution in [2.45, 2.75) is 32.4 Å². The Morgan fingerprint density at radius 1 is 0.755 bits per heavy atom. The first-order chi connectivity index (χ1) is 25.8. The SMILES string of the molecule is CC[C@@H]1CN(c2c(F)cc3c(=O)c(C(=O)O)cn4c3c2OC[C@@H]4C)C[C@H]1N.FF.FF.FF.FF.FF.FF.FF.FF.FF.FF.FF.FF.FF. The number of halogens is 27. The molecule has 0 amide bonds. The summed E-state index contributed by atoms with van der Waals surface area (Å²) in [5.74, 6) is -1.37. The number of rotatable bonds is 3. The summed E-state index contributed by atoms with van der Waals surface area (Å²) in [6.07, 6.45) is 2.22. The lowest BCUT2D eigenvalue weighted by Crippen LogP contribution is -2.31. The molecule has 1 aromatic heterocycles. The number of carbonyl (C=O) groups is 1. The van der Waals surface area contributed by atoms with Gasteiger partial charge in [0.2, 0.25) is 5.43 Å². The van der Waals surface area contributed by atoms with E-state index in [1.165, 1.54) is 6.20 Å². The van der Waals surface area contributed by atoms with Crippen molar-refractivity contribution in [3.8, 4) is 5.75 Å². The smallest absolute Gasteiger partial charge is 0.341 e. The van der Waals surface area contributed by atoms with Gasteiger partial charge in [0.25, 0.3) is 0 Å². The lowest BCUT2D eigenvalue weighted by Gasteiger charge is -2.31. The van der Waals surface area contributed by atoms with Crippen LogP contribution < -0.4 is 20.8 Å². The molecule has 0 spiro atoms. The topological polar surface area (TPSA) is 97.8 Å². The van der Waals surface area contributed by atoms with Crippen molar-refractivity contribution in [2.75, 3.05) is 24.6 Å². The van der Waals surface area contributed by atoms with Gasteiger partial charge in [-0.15, -0.1) is 0 Å². The standard InChI is InChI=1S/C19H22FN3O4.13F2/c1-3-10-5-22(7-14(10)21)16-13(20)4-11-15-18(16)27-8-9(2)23(15)6-12(17(11)24)19(25)26;13*1-2/h4,6,9-10,14H,3,5,7-8,21H2,1-2H3,(H,25,26);;;;;;;;;;;;;/t9-,10+,14+;;;;;;;;;;;;;/m0............./s1. The normalized spacial score (nSPS) is 13.8. The van der Waals surface area contributed by atoms with Crippen LogP contribution in [0.15, 0.2) is 17.1 Å². The van der Waals surface area contributed by atoms with Crippen LogP contribution in [-0.4, -0.2) is 41.4 Å². The van der Waals surface area contributed by atoms with Gasteiger partial charge in [0, 0.05) is 144 Å². The zero-order chi connectivity index (χ0) is 45.5. The average molecular weight is 869 g/mol. The molecular formula is C19H22F27N3O4. The Kier molecular flexibility index (Phi) is 83.2. The van der Waals surface area contributed by atoms with E-state index in [0.717, 1.165) is 12.5 Å². The third-order valence-corrected chi connectivity index (χ3v) is 5.70. The molecule has 34 heteroatoms. The van der Waals surface area contributed by atoms with E-state index in [1.54, 1.807) is 4.57 Å². The predicted octanol–water partition coefficient (Wildman–Crippen LogP) is 12.9. The Labute approximate surface area is 274 Å². The van der Waals surface area contributed by atoms with Crippen LogP contribution in [0.25, 0.3) is 10.9 Å². The summed E-state index contributed by atoms with van der Waals surface area (Å²) in [6, 6.07) is 0.892. The van der Waals surface area contributed by atoms with Crippen LogP contribution in [-0.2, 0) is 0 Å². The molecule has 0 aliphatic carbocycles. The second-order valence-corrected chi connectivity index (χ2v) is 7.41. The first kappa shape index (κ1) is 73.9. The first-order valence-corrected chi connectivity index (χ1v) is 11.0. The fraction of sp³-hybridized carbons (Fsp3) is 0.474. The van der Waals surface area contributed by atoms with Crippen molar-refractivity contribution < 1.29 is 138 Å². The van der Waals surface area contributed by atoms with Crippen molar-refractivity contribution in [1.82, 2.24) is 4.57 Å². The molecule has 1 aromatic carbocycles. The summed E-state index contributed by atoms with van der Waals surface area (Å²) in [7, 11) is 0. The summed E-state index contributed by atoms with van der Waals surface area (Å²) in [4.78, 5) is 25.9. The van der Waals surface area contributed by atoms with E-state index in [1.807, 2.05) is 11.8 Å². The second kappa shape index (κ2) is 59.7. The van der Waals surface area contributed by atoms with E-state index in [4.69, 9.17) is 129 Å². The summed E-state index contributed by atoms with van der Waals surface area (Å²) in [5.41, 5.74) is 5.85. The number of nitrogens with zero attached hydrogens (tertiary/aromatic N) is 2. The van der Waals surface area contributed by atoms with E-state index >= 15 is 4.39 Å². The Morgan fingerprint density at radius 2 is 1.13 bits per heavy atom. The maximum atomic E-state index is 15.1.